The number of imide groups is 1. The molecule has 0 saturated carbocycles. The summed E-state index contributed by atoms with van der Waals surface area (Å²) in [6.45, 7) is 0. The van der Waals surface area contributed by atoms with Crippen LogP contribution in [-0.2, 0) is 9.59 Å². The Morgan fingerprint density at radius 1 is 1.61 bits per heavy atom. The number of aromatic amines is 1. The molecule has 1 unspecified atom stereocenters. The van der Waals surface area contributed by atoms with E-state index >= 15 is 0 Å². The number of amides is 3. The number of piperidine rings is 1. The van der Waals surface area contributed by atoms with E-state index in [0.717, 1.165) is 4.90 Å². The molecule has 0 bridgehead atoms. The molecule has 1 aliphatic heterocycles. The molecule has 0 aromatic carbocycles. The van der Waals surface area contributed by atoms with Crippen LogP contribution in [0.15, 0.2) is 6.07 Å². The summed E-state index contributed by atoms with van der Waals surface area (Å²) in [4.78, 5) is 35.8. The molecule has 2 rings (SSSR count). The van der Waals surface area contributed by atoms with Gasteiger partial charge in [0, 0.05) is 19.5 Å². The third-order valence-corrected chi connectivity index (χ3v) is 2.80. The van der Waals surface area contributed by atoms with Crippen molar-refractivity contribution in [2.24, 2.45) is 0 Å². The van der Waals surface area contributed by atoms with Crippen molar-refractivity contribution in [3.05, 3.63) is 11.8 Å². The third-order valence-electron chi connectivity index (χ3n) is 2.80. The van der Waals surface area contributed by atoms with Gasteiger partial charge >= 0.3 is 0 Å². The van der Waals surface area contributed by atoms with Crippen molar-refractivity contribution >= 4 is 23.5 Å². The minimum atomic E-state index is -0.690. The lowest BCUT2D eigenvalue weighted by Crippen LogP contribution is -2.52. The Labute approximate surface area is 103 Å². The van der Waals surface area contributed by atoms with E-state index in [-0.39, 0.29) is 23.8 Å². The maximum Gasteiger partial charge on any atom is 0.270 e. The maximum atomic E-state index is 11.8. The Hall–Kier alpha value is -2.38. The maximum absolute atomic E-state index is 11.8. The molecule has 2 heterocycles. The predicted molar refractivity (Wildman–Crippen MR) is 61.3 cm³/mol. The van der Waals surface area contributed by atoms with Crippen molar-refractivity contribution in [3.8, 4) is 0 Å². The van der Waals surface area contributed by atoms with Crippen molar-refractivity contribution in [1.82, 2.24) is 20.4 Å². The number of nitrogens with two attached hydrogens (primary N) is 1. The average Bonchev–Trinajstić information content (AvgIpc) is 2.77. The Balaban J connectivity index is 2.04. The average molecular weight is 251 g/mol. The first-order valence-corrected chi connectivity index (χ1v) is 5.41. The Morgan fingerprint density at radius 2 is 2.33 bits per heavy atom. The molecule has 1 aliphatic rings. The van der Waals surface area contributed by atoms with E-state index in [9.17, 15) is 14.4 Å². The Bertz CT molecular complexity index is 509. The molecule has 0 radical (unpaired) electrons. The van der Waals surface area contributed by atoms with Crippen LogP contribution in [0.3, 0.4) is 0 Å². The highest BCUT2D eigenvalue weighted by Crippen LogP contribution is 2.12. The highest BCUT2D eigenvalue weighted by Gasteiger charge is 2.33. The number of likely N-dealkylation sites (tertiary alicyclic amines) is 1. The second-order valence-electron chi connectivity index (χ2n) is 4.06. The summed E-state index contributed by atoms with van der Waals surface area (Å²) >= 11 is 0. The number of anilines is 1. The quantitative estimate of drug-likeness (QED) is 0.574. The van der Waals surface area contributed by atoms with Gasteiger partial charge in [-0.1, -0.05) is 0 Å². The third kappa shape index (κ3) is 2.17. The fraction of sp³-hybridized carbons (Fsp3) is 0.400. The van der Waals surface area contributed by atoms with Crippen LogP contribution in [0.4, 0.5) is 5.82 Å². The zero-order valence-corrected chi connectivity index (χ0v) is 9.77. The van der Waals surface area contributed by atoms with E-state index in [0.29, 0.717) is 6.42 Å². The minimum absolute atomic E-state index is 0.180. The Morgan fingerprint density at radius 3 is 2.94 bits per heavy atom. The largest absolute Gasteiger partial charge is 0.382 e. The zero-order valence-electron chi connectivity index (χ0n) is 9.77. The summed E-state index contributed by atoms with van der Waals surface area (Å²) < 4.78 is 0. The van der Waals surface area contributed by atoms with E-state index in [4.69, 9.17) is 5.73 Å². The van der Waals surface area contributed by atoms with Crippen LogP contribution >= 0.6 is 0 Å². The molecule has 18 heavy (non-hydrogen) atoms. The van der Waals surface area contributed by atoms with Crippen LogP contribution in [0.2, 0.25) is 0 Å². The van der Waals surface area contributed by atoms with Crippen molar-refractivity contribution in [1.29, 1.82) is 0 Å². The topological polar surface area (TPSA) is 121 Å². The number of nitrogens with zero attached hydrogens (tertiary/aromatic N) is 2. The first-order chi connectivity index (χ1) is 8.49. The van der Waals surface area contributed by atoms with Crippen LogP contribution in [0.1, 0.15) is 23.3 Å². The smallest absolute Gasteiger partial charge is 0.270 e. The number of nitrogens with one attached hydrogen (secondary N) is 2. The van der Waals surface area contributed by atoms with Gasteiger partial charge in [-0.25, -0.2) is 0 Å². The number of likely N-dealkylation sites (N-methyl/N-ethyl adjacent to an activating group) is 1. The number of carbonyl (C=O) groups is 3. The molecular weight excluding hydrogens is 238 g/mol. The molecule has 1 fully saturated rings. The van der Waals surface area contributed by atoms with E-state index in [1.54, 1.807) is 0 Å². The van der Waals surface area contributed by atoms with E-state index in [2.05, 4.69) is 15.5 Å². The van der Waals surface area contributed by atoms with Gasteiger partial charge in [-0.2, -0.15) is 5.10 Å². The van der Waals surface area contributed by atoms with Crippen molar-refractivity contribution in [2.75, 3.05) is 12.8 Å². The van der Waals surface area contributed by atoms with E-state index < -0.39 is 17.9 Å². The highest BCUT2D eigenvalue weighted by atomic mass is 16.2. The van der Waals surface area contributed by atoms with E-state index in [1.807, 2.05) is 0 Å². The van der Waals surface area contributed by atoms with Gasteiger partial charge in [-0.3, -0.25) is 24.4 Å². The molecule has 1 atom stereocenters. The Kier molecular flexibility index (Phi) is 3.00. The van der Waals surface area contributed by atoms with Gasteiger partial charge in [0.05, 0.1) is 0 Å². The lowest BCUT2D eigenvalue weighted by atomic mass is 10.0. The fourth-order valence-corrected chi connectivity index (χ4v) is 1.74. The minimum Gasteiger partial charge on any atom is -0.382 e. The number of nitrogen functional groups attached to an aromatic ring is 1. The molecule has 1 saturated heterocycles. The number of aromatic nitrogens is 2. The molecule has 8 heteroatoms. The second-order valence-corrected chi connectivity index (χ2v) is 4.06. The number of carbonyl (C=O) groups excluding carboxylic acids is 3. The summed E-state index contributed by atoms with van der Waals surface area (Å²) in [5, 5.41) is 8.61. The molecule has 8 nitrogen and oxygen atoms in total. The van der Waals surface area contributed by atoms with Gasteiger partial charge in [-0.05, 0) is 6.42 Å². The summed E-state index contributed by atoms with van der Waals surface area (Å²) in [7, 11) is 1.40. The first kappa shape index (κ1) is 12.1. The van der Waals surface area contributed by atoms with Gasteiger partial charge in [0.1, 0.15) is 17.6 Å². The second kappa shape index (κ2) is 4.47. The van der Waals surface area contributed by atoms with E-state index in [1.165, 1.54) is 13.1 Å². The molecule has 0 spiro atoms. The standard InChI is InChI=1S/C10H13N5O3/c1-15-8(16)3-2-5(10(15)18)12-9(17)6-4-7(11)14-13-6/h4-5H,2-3H2,1H3,(H,12,17)(H3,11,13,14). The SMILES string of the molecule is CN1C(=O)CCC(NC(=O)c2cc(N)n[nH]2)C1=O. The summed E-state index contributed by atoms with van der Waals surface area (Å²) in [6.07, 6.45) is 0.537. The molecule has 4 N–H and O–H groups in total. The van der Waals surface area contributed by atoms with Crippen molar-refractivity contribution in [3.63, 3.8) is 0 Å². The molecule has 1 aromatic heterocycles. The van der Waals surface area contributed by atoms with Gasteiger partial charge < -0.3 is 11.1 Å². The summed E-state index contributed by atoms with van der Waals surface area (Å²) in [6, 6.07) is 0.682. The normalized spacial score (nSPS) is 20.1. The lowest BCUT2D eigenvalue weighted by molar-refractivity contribution is -0.147. The summed E-state index contributed by atoms with van der Waals surface area (Å²) in [5.41, 5.74) is 5.56. The van der Waals surface area contributed by atoms with Gasteiger partial charge in [-0.15, -0.1) is 0 Å². The first-order valence-electron chi connectivity index (χ1n) is 5.41. The zero-order chi connectivity index (χ0) is 13.3. The van der Waals surface area contributed by atoms with Gasteiger partial charge in [0.25, 0.3) is 11.8 Å². The van der Waals surface area contributed by atoms with Crippen molar-refractivity contribution < 1.29 is 14.4 Å². The van der Waals surface area contributed by atoms with Crippen LogP contribution in [0.25, 0.3) is 0 Å². The lowest BCUT2D eigenvalue weighted by Gasteiger charge is -2.27. The van der Waals surface area contributed by atoms with Gasteiger partial charge in [0.15, 0.2) is 0 Å². The van der Waals surface area contributed by atoms with Crippen LogP contribution in [0.5, 0.6) is 0 Å². The number of rotatable bonds is 2. The molecule has 0 aliphatic carbocycles. The van der Waals surface area contributed by atoms with Crippen LogP contribution < -0.4 is 11.1 Å². The predicted octanol–water partition coefficient (Wildman–Crippen LogP) is -1.13. The van der Waals surface area contributed by atoms with Crippen LogP contribution in [-0.4, -0.2) is 45.9 Å². The summed E-state index contributed by atoms with van der Waals surface area (Å²) in [5.74, 6) is -0.925. The number of H-pyrrole nitrogens is 1. The molecule has 1 aromatic rings. The molecule has 96 valence electrons. The molecule has 3 amide bonds. The monoisotopic (exact) mass is 251 g/mol. The molecular formula is C10H13N5O3. The number of hydrogen-bond acceptors (Lipinski definition) is 5. The fourth-order valence-electron chi connectivity index (χ4n) is 1.74. The highest BCUT2D eigenvalue weighted by molar-refractivity contribution is 6.03. The van der Waals surface area contributed by atoms with Gasteiger partial charge in [0.2, 0.25) is 5.91 Å². The van der Waals surface area contributed by atoms with Crippen LogP contribution in [0, 0.1) is 0 Å². The van der Waals surface area contributed by atoms with Crippen molar-refractivity contribution in [2.45, 2.75) is 18.9 Å². The number of hydrogen-bond donors (Lipinski definition) is 3.